The lowest BCUT2D eigenvalue weighted by Gasteiger charge is -2.39. The third-order valence-corrected chi connectivity index (χ3v) is 19.6. The van der Waals surface area contributed by atoms with Crippen LogP contribution < -0.4 is 21.3 Å². The Bertz CT molecular complexity index is 3020. The average molecular weight is 1340 g/mol. The molecular weight excluding hydrogens is 1240 g/mol. The second kappa shape index (κ2) is 33.9. The minimum atomic E-state index is -4.62. The summed E-state index contributed by atoms with van der Waals surface area (Å²) < 4.78 is 40.9. The van der Waals surface area contributed by atoms with Crippen LogP contribution in [0.4, 0.5) is 13.2 Å². The lowest BCUT2D eigenvalue weighted by Crippen LogP contribution is -2.64. The van der Waals surface area contributed by atoms with Crippen molar-refractivity contribution < 1.29 is 65.9 Å². The van der Waals surface area contributed by atoms with Gasteiger partial charge < -0.3 is 55.6 Å². The van der Waals surface area contributed by atoms with Gasteiger partial charge in [-0.1, -0.05) is 115 Å². The number of nitrogens with one attached hydrogen (secondary N) is 4. The number of carbonyl (C=O) groups is 11. The van der Waals surface area contributed by atoms with E-state index >= 15 is 9.59 Å². The summed E-state index contributed by atoms with van der Waals surface area (Å²) in [7, 11) is 8.48. The van der Waals surface area contributed by atoms with Gasteiger partial charge in [0.15, 0.2) is 0 Å². The number of likely N-dealkylation sites (N-methyl/N-ethyl adjacent to an activating group) is 6. The van der Waals surface area contributed by atoms with Gasteiger partial charge in [-0.15, -0.1) is 0 Å². The van der Waals surface area contributed by atoms with Crippen LogP contribution in [0.1, 0.15) is 154 Å². The number of halogens is 4. The van der Waals surface area contributed by atoms with Crippen molar-refractivity contribution in [1.29, 1.82) is 0 Å². The van der Waals surface area contributed by atoms with Crippen LogP contribution in [0, 0.1) is 17.8 Å². The Labute approximate surface area is 556 Å². The largest absolute Gasteiger partial charge is 0.416 e. The molecule has 2 saturated carbocycles. The fourth-order valence-corrected chi connectivity index (χ4v) is 13.4. The first-order valence-electron chi connectivity index (χ1n) is 33.2. The number of nitrogens with zero attached hydrogens (tertiary/aromatic N) is 7. The second-order valence-corrected chi connectivity index (χ2v) is 27.6. The molecule has 11 amide bonds. The molecule has 26 heteroatoms. The molecule has 8 atom stereocenters. The number of alkyl halides is 3. The first kappa shape index (κ1) is 75.7. The minimum Gasteiger partial charge on any atom is -0.351 e. The summed E-state index contributed by atoms with van der Waals surface area (Å²) in [5.74, 6) is -7.41. The molecule has 2 aliphatic heterocycles. The molecule has 2 heterocycles. The van der Waals surface area contributed by atoms with Gasteiger partial charge in [-0.05, 0) is 111 Å². The Morgan fingerprint density at radius 2 is 1.19 bits per heavy atom. The molecule has 22 nitrogen and oxygen atoms in total. The van der Waals surface area contributed by atoms with Crippen molar-refractivity contribution in [3.8, 4) is 0 Å². The lowest BCUT2D eigenvalue weighted by atomic mass is 9.84. The van der Waals surface area contributed by atoms with Crippen LogP contribution in [0.5, 0.6) is 0 Å². The molecule has 1 spiro atoms. The molecule has 2 aromatic rings. The molecule has 0 unspecified atom stereocenters. The monoisotopic (exact) mass is 1340 g/mol. The Morgan fingerprint density at radius 3 is 1.80 bits per heavy atom. The van der Waals surface area contributed by atoms with E-state index in [-0.39, 0.29) is 69.7 Å². The predicted octanol–water partition coefficient (Wildman–Crippen LogP) is 5.75. The van der Waals surface area contributed by atoms with Crippen LogP contribution in [0.2, 0.25) is 5.02 Å². The standard InChI is InChI=1S/C68H99ClF3N11O11/c1-12-43(4)59-65(93)79(8)40-57(86)77(6)41-58(87)81(10)54(38-47-24-29-49(69)30-25-47)64(92)78(7)39-55(84)74-50(31-26-45-22-27-48(28-23-45)68(70,71)72)63(91)83-34-18-21-51(83)62(90)76-67(32-16-17-33-67)66(94)82(11)52(35-42(2)3)60(88)73-44(5)36-56(85)80(9)53(61(89)75-59)37-46-19-14-13-15-20-46/h22-25,27-30,42-44,46,50-54,59H,12-21,26,31-41H2,1-11H3,(H,73,88)(H,74,84)(H,75,89)(H,76,90)/t43-,44+,50-,51-,52-,53-,54-,59-/m0/s1. The lowest BCUT2D eigenvalue weighted by molar-refractivity contribution is -0.149. The fraction of sp³-hybridized carbons (Fsp3) is 0.662. The number of hydrogen-bond acceptors (Lipinski definition) is 11. The van der Waals surface area contributed by atoms with E-state index in [4.69, 9.17) is 11.6 Å². The number of rotatable bonds is 11. The molecule has 2 aromatic carbocycles. The zero-order valence-electron chi connectivity index (χ0n) is 56.6. The number of carbonyl (C=O) groups excluding carboxylic acids is 11. The number of amides is 11. The van der Waals surface area contributed by atoms with Gasteiger partial charge in [0, 0.05) is 72.7 Å². The Morgan fingerprint density at radius 1 is 0.606 bits per heavy atom. The van der Waals surface area contributed by atoms with Gasteiger partial charge in [0.05, 0.1) is 25.2 Å². The highest BCUT2D eigenvalue weighted by Gasteiger charge is 2.49. The van der Waals surface area contributed by atoms with Crippen LogP contribution in [-0.4, -0.2) is 216 Å². The van der Waals surface area contributed by atoms with Gasteiger partial charge in [0.1, 0.15) is 41.8 Å². The van der Waals surface area contributed by atoms with Crippen molar-refractivity contribution in [3.63, 3.8) is 0 Å². The zero-order chi connectivity index (χ0) is 69.5. The highest BCUT2D eigenvalue weighted by molar-refractivity contribution is 6.30. The topological polar surface area (TPSA) is 259 Å². The van der Waals surface area contributed by atoms with Gasteiger partial charge in [-0.2, -0.15) is 13.2 Å². The summed E-state index contributed by atoms with van der Waals surface area (Å²) in [6.07, 6.45) is 2.52. The van der Waals surface area contributed by atoms with E-state index in [1.807, 2.05) is 20.8 Å². The quantitative estimate of drug-likeness (QED) is 0.211. The number of aryl methyl sites for hydroxylation is 1. The maximum atomic E-state index is 15.1. The van der Waals surface area contributed by atoms with Crippen LogP contribution in [0.15, 0.2) is 48.5 Å². The van der Waals surface area contributed by atoms with Gasteiger partial charge in [0.2, 0.25) is 65.0 Å². The maximum Gasteiger partial charge on any atom is 0.416 e. The zero-order valence-corrected chi connectivity index (χ0v) is 57.3. The van der Waals surface area contributed by atoms with Crippen molar-refractivity contribution in [2.24, 2.45) is 17.8 Å². The first-order chi connectivity index (χ1) is 44.2. The van der Waals surface area contributed by atoms with E-state index in [0.29, 0.717) is 48.3 Å². The average Bonchev–Trinajstić information content (AvgIpc) is 1.56. The van der Waals surface area contributed by atoms with E-state index < -0.39 is 150 Å². The van der Waals surface area contributed by atoms with Gasteiger partial charge >= 0.3 is 6.18 Å². The highest BCUT2D eigenvalue weighted by atomic mass is 35.5. The molecule has 520 valence electrons. The van der Waals surface area contributed by atoms with Crippen LogP contribution in [0.3, 0.4) is 0 Å². The summed E-state index contributed by atoms with van der Waals surface area (Å²) in [5, 5.41) is 12.1. The minimum absolute atomic E-state index is 0.00718. The summed E-state index contributed by atoms with van der Waals surface area (Å²) in [5.41, 5.74) is -1.40. The number of benzene rings is 2. The molecule has 6 rings (SSSR count). The SMILES string of the molecule is CC[C@H](C)[C@@H]1NC(=O)[C@H](CC2CCCCC2)N(C)C(=O)C[C@@H](C)NC(=O)[C@H](CC(C)C)N(C)C(=O)C2(CCCC2)NC(=O)[C@@H]2CCCN2C(=O)[C@H](CCc2ccc(C(F)(F)F)cc2)NC(=O)CN(C)C(=O)[C@H](Cc2ccc(Cl)cc2)N(C)C(=O)CN(C)C(=O)CN(C)C1=O. The van der Waals surface area contributed by atoms with E-state index in [1.54, 1.807) is 38.1 Å². The molecule has 2 saturated heterocycles. The van der Waals surface area contributed by atoms with Crippen molar-refractivity contribution in [2.75, 3.05) is 68.5 Å². The Hall–Kier alpha value is -7.31. The summed E-state index contributed by atoms with van der Waals surface area (Å²) >= 11 is 6.22. The number of fused-ring (bicyclic) bond motifs is 1. The molecule has 0 aromatic heterocycles. The second-order valence-electron chi connectivity index (χ2n) is 27.1. The van der Waals surface area contributed by atoms with Crippen LogP contribution >= 0.6 is 11.6 Å². The Kier molecular flexibility index (Phi) is 27.3. The molecule has 4 aliphatic rings. The van der Waals surface area contributed by atoms with Crippen LogP contribution in [-0.2, 0) is 71.8 Å². The van der Waals surface area contributed by atoms with Crippen molar-refractivity contribution in [2.45, 2.75) is 204 Å². The molecule has 0 bridgehead atoms. The molecule has 2 aliphatic carbocycles. The molecule has 4 N–H and O–H groups in total. The molecule has 4 fully saturated rings. The van der Waals surface area contributed by atoms with E-state index in [0.717, 1.165) is 63.8 Å². The summed E-state index contributed by atoms with van der Waals surface area (Å²) in [6, 6.07) is 2.99. The Balaban J connectivity index is 1.37. The predicted molar refractivity (Wildman–Crippen MR) is 348 cm³/mol. The van der Waals surface area contributed by atoms with E-state index in [2.05, 4.69) is 21.3 Å². The van der Waals surface area contributed by atoms with Crippen LogP contribution in [0.25, 0.3) is 0 Å². The smallest absolute Gasteiger partial charge is 0.351 e. The van der Waals surface area contributed by atoms with Crippen molar-refractivity contribution in [3.05, 3.63) is 70.2 Å². The van der Waals surface area contributed by atoms with E-state index in [9.17, 15) is 56.3 Å². The maximum absolute atomic E-state index is 15.1. The van der Waals surface area contributed by atoms with Crippen molar-refractivity contribution >= 4 is 76.6 Å². The number of hydrogen-bond donors (Lipinski definition) is 4. The normalized spacial score (nSPS) is 25.6. The van der Waals surface area contributed by atoms with Gasteiger partial charge in [0.25, 0.3) is 0 Å². The van der Waals surface area contributed by atoms with E-state index in [1.165, 1.54) is 69.1 Å². The first-order valence-corrected chi connectivity index (χ1v) is 33.6. The van der Waals surface area contributed by atoms with Crippen molar-refractivity contribution in [1.82, 2.24) is 55.6 Å². The summed E-state index contributed by atoms with van der Waals surface area (Å²) in [4.78, 5) is 169. The van der Waals surface area contributed by atoms with Gasteiger partial charge in [-0.3, -0.25) is 52.7 Å². The third kappa shape index (κ3) is 20.1. The molecule has 94 heavy (non-hydrogen) atoms. The molecule has 0 radical (unpaired) electrons. The molecular formula is C68H99ClF3N11O11. The third-order valence-electron chi connectivity index (χ3n) is 19.4. The highest BCUT2D eigenvalue weighted by Crippen LogP contribution is 2.35. The van der Waals surface area contributed by atoms with Gasteiger partial charge in [-0.25, -0.2) is 0 Å². The fourth-order valence-electron chi connectivity index (χ4n) is 13.3. The summed E-state index contributed by atoms with van der Waals surface area (Å²) in [6.45, 7) is 7.40.